The smallest absolute Gasteiger partial charge is 0.227 e. The number of hydrogen-bond acceptors (Lipinski definition) is 7. The molecule has 2 heterocycles. The summed E-state index contributed by atoms with van der Waals surface area (Å²) in [6.45, 7) is 2.28. The van der Waals surface area contributed by atoms with E-state index in [1.807, 2.05) is 14.0 Å². The summed E-state index contributed by atoms with van der Waals surface area (Å²) >= 11 is 6.00. The van der Waals surface area contributed by atoms with E-state index in [1.54, 1.807) is 29.1 Å². The second kappa shape index (κ2) is 7.76. The van der Waals surface area contributed by atoms with Crippen LogP contribution in [0.15, 0.2) is 24.5 Å². The van der Waals surface area contributed by atoms with Gasteiger partial charge in [0.25, 0.3) is 0 Å². The number of aromatic hydroxyl groups is 1. The number of fused-ring (bicyclic) bond motifs is 1. The molecule has 0 spiro atoms. The summed E-state index contributed by atoms with van der Waals surface area (Å²) in [5.74, 6) is 1.09. The number of aromatic nitrogens is 4. The molecule has 0 aliphatic heterocycles. The van der Waals surface area contributed by atoms with E-state index in [0.29, 0.717) is 40.1 Å². The third kappa shape index (κ3) is 3.81. The van der Waals surface area contributed by atoms with Gasteiger partial charge in [-0.1, -0.05) is 18.5 Å². The quantitative estimate of drug-likeness (QED) is 0.501. The molecule has 8 nitrogen and oxygen atoms in total. The maximum absolute atomic E-state index is 9.98. The zero-order chi connectivity index (χ0) is 18.7. The summed E-state index contributed by atoms with van der Waals surface area (Å²) in [7, 11) is 1.85. The Morgan fingerprint density at radius 2 is 2.12 bits per heavy atom. The van der Waals surface area contributed by atoms with E-state index in [1.165, 1.54) is 0 Å². The zero-order valence-electron chi connectivity index (χ0n) is 14.6. The van der Waals surface area contributed by atoms with Gasteiger partial charge in [0.15, 0.2) is 17.0 Å². The first kappa shape index (κ1) is 18.2. The third-order valence-electron chi connectivity index (χ3n) is 4.09. The van der Waals surface area contributed by atoms with Gasteiger partial charge in [0, 0.05) is 24.2 Å². The molecule has 0 saturated carbocycles. The molecule has 0 aliphatic carbocycles. The van der Waals surface area contributed by atoms with Gasteiger partial charge < -0.3 is 25.4 Å². The van der Waals surface area contributed by atoms with Gasteiger partial charge >= 0.3 is 0 Å². The van der Waals surface area contributed by atoms with Crippen molar-refractivity contribution < 1.29 is 10.2 Å². The van der Waals surface area contributed by atoms with Crippen LogP contribution in [0.5, 0.6) is 5.75 Å². The molecular formula is C17H21ClN6O2. The fraction of sp³-hybridized carbons (Fsp3) is 0.353. The molecule has 3 rings (SSSR count). The Labute approximate surface area is 155 Å². The Morgan fingerprint density at radius 3 is 2.85 bits per heavy atom. The number of aryl methyl sites for hydroxylation is 1. The first-order chi connectivity index (χ1) is 12.5. The Kier molecular flexibility index (Phi) is 5.43. The van der Waals surface area contributed by atoms with E-state index in [9.17, 15) is 10.2 Å². The fourth-order valence-electron chi connectivity index (χ4n) is 2.53. The standard InChI is InChI=1S/C17H21ClN6O2/c1-3-12(8-25)21-17-22-15(14-16(23-17)24(2)9-20-14)19-7-10-6-11(18)4-5-13(10)26/h4-6,9,12,25-26H,3,7-8H2,1-2H3,(H2,19,21,22,23). The molecule has 2 aromatic heterocycles. The molecule has 138 valence electrons. The molecule has 0 amide bonds. The Bertz CT molecular complexity index is 910. The highest BCUT2D eigenvalue weighted by Crippen LogP contribution is 2.25. The molecule has 1 unspecified atom stereocenters. The van der Waals surface area contributed by atoms with E-state index in [0.717, 1.165) is 6.42 Å². The molecule has 0 radical (unpaired) electrons. The minimum absolute atomic E-state index is 0.0115. The lowest BCUT2D eigenvalue weighted by Crippen LogP contribution is -2.24. The number of phenolic OH excluding ortho intramolecular Hbond substituents is 1. The van der Waals surface area contributed by atoms with Gasteiger partial charge in [-0.05, 0) is 24.6 Å². The van der Waals surface area contributed by atoms with Crippen molar-refractivity contribution in [3.8, 4) is 5.75 Å². The molecule has 0 bridgehead atoms. The van der Waals surface area contributed by atoms with Gasteiger partial charge in [-0.3, -0.25) is 0 Å². The number of imidazole rings is 1. The van der Waals surface area contributed by atoms with Crippen LogP contribution in [0, 0.1) is 0 Å². The number of nitrogens with one attached hydrogen (secondary N) is 2. The van der Waals surface area contributed by atoms with Gasteiger partial charge in [0.1, 0.15) is 5.75 Å². The maximum atomic E-state index is 9.98. The number of nitrogens with zero attached hydrogens (tertiary/aromatic N) is 4. The second-order valence-corrected chi connectivity index (χ2v) is 6.42. The van der Waals surface area contributed by atoms with Crippen LogP contribution in [0.1, 0.15) is 18.9 Å². The molecule has 1 atom stereocenters. The van der Waals surface area contributed by atoms with E-state index in [2.05, 4.69) is 25.6 Å². The number of anilines is 2. The van der Waals surface area contributed by atoms with Crippen LogP contribution < -0.4 is 10.6 Å². The lowest BCUT2D eigenvalue weighted by atomic mass is 10.2. The lowest BCUT2D eigenvalue weighted by Gasteiger charge is -2.15. The van der Waals surface area contributed by atoms with Gasteiger partial charge in [-0.15, -0.1) is 0 Å². The van der Waals surface area contributed by atoms with Crippen LogP contribution in [0.3, 0.4) is 0 Å². The van der Waals surface area contributed by atoms with Gasteiger partial charge in [-0.25, -0.2) is 4.98 Å². The monoisotopic (exact) mass is 376 g/mol. The molecule has 3 aromatic rings. The number of rotatable bonds is 7. The predicted molar refractivity (Wildman–Crippen MR) is 102 cm³/mol. The summed E-state index contributed by atoms with van der Waals surface area (Å²) in [4.78, 5) is 13.3. The molecule has 0 fully saturated rings. The Hall–Kier alpha value is -2.58. The summed E-state index contributed by atoms with van der Waals surface area (Å²) in [6, 6.07) is 4.74. The highest BCUT2D eigenvalue weighted by molar-refractivity contribution is 6.30. The van der Waals surface area contributed by atoms with Crippen molar-refractivity contribution >= 4 is 34.5 Å². The fourth-order valence-corrected chi connectivity index (χ4v) is 2.72. The zero-order valence-corrected chi connectivity index (χ0v) is 15.3. The van der Waals surface area contributed by atoms with Crippen molar-refractivity contribution in [2.24, 2.45) is 7.05 Å². The van der Waals surface area contributed by atoms with Gasteiger partial charge in [0.2, 0.25) is 5.95 Å². The summed E-state index contributed by atoms with van der Waals surface area (Å²) in [6.07, 6.45) is 2.40. The second-order valence-electron chi connectivity index (χ2n) is 5.98. The largest absolute Gasteiger partial charge is 0.508 e. The van der Waals surface area contributed by atoms with Crippen molar-refractivity contribution in [1.82, 2.24) is 19.5 Å². The topological polar surface area (TPSA) is 108 Å². The SMILES string of the molecule is CCC(CO)Nc1nc(NCc2cc(Cl)ccc2O)c2ncn(C)c2n1. The van der Waals surface area contributed by atoms with E-state index < -0.39 is 0 Å². The number of halogens is 1. The van der Waals surface area contributed by atoms with Crippen molar-refractivity contribution in [2.75, 3.05) is 17.2 Å². The van der Waals surface area contributed by atoms with Crippen LogP contribution in [0.4, 0.5) is 11.8 Å². The van der Waals surface area contributed by atoms with Crippen LogP contribution in [0.2, 0.25) is 5.02 Å². The van der Waals surface area contributed by atoms with Crippen molar-refractivity contribution in [1.29, 1.82) is 0 Å². The van der Waals surface area contributed by atoms with Gasteiger partial charge in [0.05, 0.1) is 19.0 Å². The molecule has 26 heavy (non-hydrogen) atoms. The van der Waals surface area contributed by atoms with Crippen LogP contribution in [0.25, 0.3) is 11.2 Å². The van der Waals surface area contributed by atoms with Crippen molar-refractivity contribution in [3.63, 3.8) is 0 Å². The number of aliphatic hydroxyl groups is 1. The predicted octanol–water partition coefficient (Wildman–Crippen LogP) is 2.52. The maximum Gasteiger partial charge on any atom is 0.227 e. The average molecular weight is 377 g/mol. The van der Waals surface area contributed by atoms with Crippen LogP contribution >= 0.6 is 11.6 Å². The normalized spacial score (nSPS) is 12.3. The molecule has 1 aromatic carbocycles. The molecule has 0 aliphatic rings. The molecule has 4 N–H and O–H groups in total. The summed E-state index contributed by atoms with van der Waals surface area (Å²) in [5.41, 5.74) is 1.93. The average Bonchev–Trinajstić information content (AvgIpc) is 3.01. The van der Waals surface area contributed by atoms with Crippen molar-refractivity contribution in [2.45, 2.75) is 25.9 Å². The first-order valence-corrected chi connectivity index (χ1v) is 8.67. The lowest BCUT2D eigenvalue weighted by molar-refractivity contribution is 0.271. The molecular weight excluding hydrogens is 356 g/mol. The van der Waals surface area contributed by atoms with E-state index in [-0.39, 0.29) is 18.4 Å². The third-order valence-corrected chi connectivity index (χ3v) is 4.33. The summed E-state index contributed by atoms with van der Waals surface area (Å²) in [5, 5.41) is 26.2. The molecule has 0 saturated heterocycles. The number of benzene rings is 1. The summed E-state index contributed by atoms with van der Waals surface area (Å²) < 4.78 is 1.80. The minimum atomic E-state index is -0.134. The number of hydrogen-bond donors (Lipinski definition) is 4. The van der Waals surface area contributed by atoms with E-state index >= 15 is 0 Å². The van der Waals surface area contributed by atoms with Crippen LogP contribution in [-0.2, 0) is 13.6 Å². The van der Waals surface area contributed by atoms with Crippen LogP contribution in [-0.4, -0.2) is 42.4 Å². The Balaban J connectivity index is 1.92. The highest BCUT2D eigenvalue weighted by atomic mass is 35.5. The van der Waals surface area contributed by atoms with Gasteiger partial charge in [-0.2, -0.15) is 9.97 Å². The highest BCUT2D eigenvalue weighted by Gasteiger charge is 2.14. The van der Waals surface area contributed by atoms with E-state index in [4.69, 9.17) is 11.6 Å². The Morgan fingerprint density at radius 1 is 1.31 bits per heavy atom. The first-order valence-electron chi connectivity index (χ1n) is 8.29. The molecule has 9 heteroatoms. The number of aliphatic hydroxyl groups excluding tert-OH is 1. The number of phenols is 1. The minimum Gasteiger partial charge on any atom is -0.508 e. The van der Waals surface area contributed by atoms with Crippen molar-refractivity contribution in [3.05, 3.63) is 35.1 Å².